The van der Waals surface area contributed by atoms with Gasteiger partial charge in [-0.3, -0.25) is 14.3 Å². The third-order valence-electron chi connectivity index (χ3n) is 8.64. The summed E-state index contributed by atoms with van der Waals surface area (Å²) in [6.07, 6.45) is -7.38. The maximum absolute atomic E-state index is 14.4. The van der Waals surface area contributed by atoms with Crippen LogP contribution in [-0.4, -0.2) is 30.9 Å². The first kappa shape index (κ1) is 34.4. The van der Waals surface area contributed by atoms with Crippen LogP contribution in [-0.2, 0) is 32.0 Å². The van der Waals surface area contributed by atoms with Gasteiger partial charge in [0.15, 0.2) is 0 Å². The Hall–Kier alpha value is -3.98. The molecule has 250 valence electrons. The topological polar surface area (TPSA) is 113 Å². The lowest BCUT2D eigenvalue weighted by Gasteiger charge is -2.51. The van der Waals surface area contributed by atoms with Crippen molar-refractivity contribution in [1.29, 1.82) is 0 Å². The van der Waals surface area contributed by atoms with Gasteiger partial charge in [0.25, 0.3) is 10.0 Å². The van der Waals surface area contributed by atoms with Gasteiger partial charge in [-0.2, -0.15) is 26.3 Å². The summed E-state index contributed by atoms with van der Waals surface area (Å²) >= 11 is 0.372. The van der Waals surface area contributed by atoms with Crippen LogP contribution in [0, 0.1) is 5.41 Å². The van der Waals surface area contributed by atoms with E-state index >= 15 is 0 Å². The molecule has 3 aliphatic rings. The highest BCUT2D eigenvalue weighted by Crippen LogP contribution is 2.52. The number of benzene rings is 3. The first-order chi connectivity index (χ1) is 21.9. The van der Waals surface area contributed by atoms with E-state index in [-0.39, 0.29) is 15.5 Å². The second-order valence-electron chi connectivity index (χ2n) is 11.6. The van der Waals surface area contributed by atoms with Gasteiger partial charge in [0, 0.05) is 27.1 Å². The van der Waals surface area contributed by atoms with Crippen LogP contribution in [0.2, 0.25) is 0 Å². The smallest absolute Gasteiger partial charge is 0.418 e. The van der Waals surface area contributed by atoms with Gasteiger partial charge in [-0.05, 0) is 86.6 Å². The first-order valence-corrected chi connectivity index (χ1v) is 16.6. The Balaban J connectivity index is 1.41. The maximum atomic E-state index is 14.4. The Morgan fingerprint density at radius 2 is 1.43 bits per heavy atom. The molecule has 3 fully saturated rings. The van der Waals surface area contributed by atoms with Crippen LogP contribution in [0.3, 0.4) is 0 Å². The van der Waals surface area contributed by atoms with E-state index in [0.29, 0.717) is 56.4 Å². The van der Waals surface area contributed by atoms with E-state index in [9.17, 15) is 49.5 Å². The van der Waals surface area contributed by atoms with E-state index in [1.54, 1.807) is 6.07 Å². The van der Waals surface area contributed by atoms with E-state index in [4.69, 9.17) is 0 Å². The van der Waals surface area contributed by atoms with E-state index in [1.165, 1.54) is 48.5 Å². The molecular weight excluding hydrogens is 670 g/mol. The number of rotatable bonds is 9. The summed E-state index contributed by atoms with van der Waals surface area (Å²) in [5.41, 5.74) is -6.39. The minimum Gasteiger partial charge on any atom is -0.481 e. The van der Waals surface area contributed by atoms with Crippen molar-refractivity contribution in [3.05, 3.63) is 89.5 Å². The molecule has 3 aliphatic carbocycles. The monoisotopic (exact) mass is 698 g/mol. The molecule has 0 unspecified atom stereocenters. The number of nitrogens with one attached hydrogen (secondary N) is 2. The minimum absolute atomic E-state index is 0.0157. The van der Waals surface area contributed by atoms with Crippen LogP contribution in [0.15, 0.2) is 87.5 Å². The molecule has 3 N–H and O–H groups in total. The largest absolute Gasteiger partial charge is 0.481 e. The zero-order valence-corrected chi connectivity index (χ0v) is 26.0. The second-order valence-corrected chi connectivity index (χ2v) is 14.4. The van der Waals surface area contributed by atoms with E-state index in [1.807, 2.05) is 0 Å². The Morgan fingerprint density at radius 3 is 2.00 bits per heavy atom. The van der Waals surface area contributed by atoms with E-state index in [2.05, 4.69) is 10.0 Å². The predicted molar refractivity (Wildman–Crippen MR) is 162 cm³/mol. The molecule has 0 radical (unpaired) electrons. The van der Waals surface area contributed by atoms with Crippen molar-refractivity contribution in [2.75, 3.05) is 4.72 Å². The number of anilines is 1. The molecule has 2 bridgehead atoms. The highest BCUT2D eigenvalue weighted by Gasteiger charge is 2.53. The summed E-state index contributed by atoms with van der Waals surface area (Å²) in [5, 5.41) is 12.3. The van der Waals surface area contributed by atoms with Gasteiger partial charge in [0.2, 0.25) is 5.91 Å². The summed E-state index contributed by atoms with van der Waals surface area (Å²) < 4.78 is 114. The third kappa shape index (κ3) is 7.45. The van der Waals surface area contributed by atoms with Crippen molar-refractivity contribution in [2.45, 2.75) is 71.1 Å². The number of fused-ring (bicyclic) bond motifs is 3. The van der Waals surface area contributed by atoms with Crippen LogP contribution >= 0.6 is 11.8 Å². The minimum atomic E-state index is -5.46. The number of hydrogen-bond acceptors (Lipinski definition) is 5. The molecule has 0 aromatic heterocycles. The van der Waals surface area contributed by atoms with Gasteiger partial charge in [0.1, 0.15) is 0 Å². The fourth-order valence-corrected chi connectivity index (χ4v) is 8.25. The van der Waals surface area contributed by atoms with Crippen molar-refractivity contribution in [3.63, 3.8) is 0 Å². The molecule has 0 spiro atoms. The first-order valence-electron chi connectivity index (χ1n) is 14.3. The zero-order chi connectivity index (χ0) is 34.3. The van der Waals surface area contributed by atoms with Crippen LogP contribution in [0.5, 0.6) is 0 Å². The van der Waals surface area contributed by atoms with Crippen LogP contribution < -0.4 is 10.0 Å². The molecule has 3 saturated carbocycles. The SMILES string of the molecule is O=C(/C=C/c1ccc(Sc2cccc(NS(=O)(=O)c3ccccc3)c2)c(C(F)(F)F)c1C(F)(F)F)NC12CCC(C(=O)O)(CC1)CC2. The molecule has 3 aromatic carbocycles. The van der Waals surface area contributed by atoms with Gasteiger partial charge in [-0.25, -0.2) is 8.42 Å². The van der Waals surface area contributed by atoms with Crippen molar-refractivity contribution < 1.29 is 49.5 Å². The van der Waals surface area contributed by atoms with Gasteiger partial charge in [-0.1, -0.05) is 42.1 Å². The molecule has 3 aromatic rings. The lowest BCUT2D eigenvalue weighted by molar-refractivity contribution is -0.163. The molecule has 7 nitrogen and oxygen atoms in total. The molecule has 47 heavy (non-hydrogen) atoms. The number of halogens is 6. The van der Waals surface area contributed by atoms with E-state index in [0.717, 1.165) is 18.2 Å². The number of hydrogen-bond donors (Lipinski definition) is 3. The highest BCUT2D eigenvalue weighted by molar-refractivity contribution is 7.99. The van der Waals surface area contributed by atoms with Crippen LogP contribution in [0.4, 0.5) is 32.0 Å². The number of alkyl halides is 6. The Kier molecular flexibility index (Phi) is 9.18. The van der Waals surface area contributed by atoms with Crippen LogP contribution in [0.1, 0.15) is 55.2 Å². The van der Waals surface area contributed by atoms with Crippen molar-refractivity contribution in [1.82, 2.24) is 5.32 Å². The molecule has 0 saturated heterocycles. The fourth-order valence-electron chi connectivity index (χ4n) is 6.14. The lowest BCUT2D eigenvalue weighted by Crippen LogP contribution is -2.58. The number of aliphatic carboxylic acids is 1. The molecule has 1 amide bonds. The molecule has 6 rings (SSSR count). The van der Waals surface area contributed by atoms with Gasteiger partial charge in [-0.15, -0.1) is 0 Å². The Labute approximate surface area is 270 Å². The average molecular weight is 699 g/mol. The van der Waals surface area contributed by atoms with Crippen molar-refractivity contribution in [2.24, 2.45) is 5.41 Å². The lowest BCUT2D eigenvalue weighted by atomic mass is 9.57. The van der Waals surface area contributed by atoms with Crippen molar-refractivity contribution >= 4 is 45.4 Å². The van der Waals surface area contributed by atoms with E-state index < -0.39 is 66.8 Å². The normalized spacial score (nSPS) is 21.5. The van der Waals surface area contributed by atoms with Gasteiger partial charge in [0.05, 0.1) is 21.4 Å². The fraction of sp³-hybridized carbons (Fsp3) is 0.312. The number of sulfonamides is 1. The maximum Gasteiger partial charge on any atom is 0.418 e. The second kappa shape index (κ2) is 12.6. The number of carboxylic acid groups (broad SMARTS) is 1. The average Bonchev–Trinajstić information content (AvgIpc) is 3.00. The van der Waals surface area contributed by atoms with Crippen molar-refractivity contribution in [3.8, 4) is 0 Å². The zero-order valence-electron chi connectivity index (χ0n) is 24.4. The molecule has 15 heteroatoms. The standard InChI is InChI=1S/C32H28F6N2O5S2/c33-31(34,35)26-20(10-12-25(41)39-30-16-13-29(14-17-30,15-18-30)28(42)43)9-11-24(27(26)32(36,37)38)46-22-6-4-5-21(19-22)40-47(44,45)23-7-2-1-3-8-23/h1-12,19,40H,13-18H2,(H,39,41)(H,42,43)/b12-10+. The number of carbonyl (C=O) groups is 2. The number of amides is 1. The summed E-state index contributed by atoms with van der Waals surface area (Å²) in [6, 6.07) is 14.2. The summed E-state index contributed by atoms with van der Waals surface area (Å²) in [6.45, 7) is 0. The molecule has 0 aliphatic heterocycles. The Morgan fingerprint density at radius 1 is 0.809 bits per heavy atom. The van der Waals surface area contributed by atoms with Gasteiger partial charge >= 0.3 is 18.3 Å². The quantitative estimate of drug-likeness (QED) is 0.154. The number of carboxylic acids is 1. The highest BCUT2D eigenvalue weighted by atomic mass is 32.2. The summed E-state index contributed by atoms with van der Waals surface area (Å²) in [4.78, 5) is 23.6. The predicted octanol–water partition coefficient (Wildman–Crippen LogP) is 7.98. The number of carbonyl (C=O) groups excluding carboxylic acids is 1. The van der Waals surface area contributed by atoms with Gasteiger partial charge < -0.3 is 10.4 Å². The molecule has 0 heterocycles. The summed E-state index contributed by atoms with van der Waals surface area (Å²) in [7, 11) is -4.05. The molecular formula is C32H28F6N2O5S2. The Bertz CT molecular complexity index is 1800. The third-order valence-corrected chi connectivity index (χ3v) is 11.1. The summed E-state index contributed by atoms with van der Waals surface area (Å²) in [5.74, 6) is -1.70. The molecule has 0 atom stereocenters. The van der Waals surface area contributed by atoms with Crippen LogP contribution in [0.25, 0.3) is 6.08 Å².